The van der Waals surface area contributed by atoms with Gasteiger partial charge in [0.15, 0.2) is 0 Å². The first-order chi connectivity index (χ1) is 7.08. The zero-order chi connectivity index (χ0) is 11.1. The summed E-state index contributed by atoms with van der Waals surface area (Å²) in [5, 5.41) is 0. The highest BCUT2D eigenvalue weighted by Gasteiger charge is 2.61. The number of hydrogen-bond donors (Lipinski definition) is 0. The summed E-state index contributed by atoms with van der Waals surface area (Å²) in [4.78, 5) is 0. The van der Waals surface area contributed by atoms with E-state index in [1.807, 2.05) is 0 Å². The average Bonchev–Trinajstić information content (AvgIpc) is 2.95. The minimum absolute atomic E-state index is 0.286. The Morgan fingerprint density at radius 2 is 1.27 bits per heavy atom. The van der Waals surface area contributed by atoms with Crippen LogP contribution in [0.5, 0.6) is 0 Å². The lowest BCUT2D eigenvalue weighted by Gasteiger charge is -2.26. The van der Waals surface area contributed by atoms with E-state index in [9.17, 15) is 0 Å². The maximum absolute atomic E-state index is 6.55. The molecule has 4 unspecified atom stereocenters. The van der Waals surface area contributed by atoms with Gasteiger partial charge in [-0.15, -0.1) is 0 Å². The largest absolute Gasteiger partial charge is 0.368 e. The van der Waals surface area contributed by atoms with Crippen LogP contribution >= 0.6 is 0 Å². The normalized spacial score (nSPS) is 48.0. The van der Waals surface area contributed by atoms with E-state index in [1.165, 1.54) is 38.5 Å². The van der Waals surface area contributed by atoms with Gasteiger partial charge in [0.05, 0.1) is 11.2 Å². The monoisotopic (exact) mass is 210 g/mol. The minimum Gasteiger partial charge on any atom is -0.368 e. The maximum Gasteiger partial charge on any atom is 0.0720 e. The molecule has 0 aromatic heterocycles. The lowest BCUT2D eigenvalue weighted by molar-refractivity contribution is -0.0716. The highest BCUT2D eigenvalue weighted by atomic mass is 16.5. The second-order valence-electron chi connectivity index (χ2n) is 5.94. The Balaban J connectivity index is 1.95. The summed E-state index contributed by atoms with van der Waals surface area (Å²) in [6, 6.07) is 0. The van der Waals surface area contributed by atoms with Gasteiger partial charge < -0.3 is 4.74 Å². The van der Waals surface area contributed by atoms with Crippen molar-refractivity contribution in [2.24, 2.45) is 11.8 Å². The first kappa shape index (κ1) is 11.4. The maximum atomic E-state index is 6.55. The van der Waals surface area contributed by atoms with Crippen LogP contribution in [0.2, 0.25) is 0 Å². The zero-order valence-electron chi connectivity index (χ0n) is 10.8. The summed E-state index contributed by atoms with van der Waals surface area (Å²) in [7, 11) is 0. The standard InChI is InChI=1S/C14H26O/c1-5-7-13(9-11(13)3)15-14(8-6-2)10-12(14)4/h11-12H,5-10H2,1-4H3. The predicted octanol–water partition coefficient (Wildman–Crippen LogP) is 4.16. The third-order valence-corrected chi connectivity index (χ3v) is 4.53. The van der Waals surface area contributed by atoms with E-state index < -0.39 is 0 Å². The molecule has 4 atom stereocenters. The van der Waals surface area contributed by atoms with Gasteiger partial charge in [-0.3, -0.25) is 0 Å². The van der Waals surface area contributed by atoms with Crippen molar-refractivity contribution in [2.45, 2.75) is 77.4 Å². The van der Waals surface area contributed by atoms with Crippen molar-refractivity contribution >= 4 is 0 Å². The molecule has 0 aromatic rings. The van der Waals surface area contributed by atoms with Crippen LogP contribution in [0.4, 0.5) is 0 Å². The van der Waals surface area contributed by atoms with Gasteiger partial charge in [-0.25, -0.2) is 0 Å². The average molecular weight is 210 g/mol. The Labute approximate surface area is 94.6 Å². The summed E-state index contributed by atoms with van der Waals surface area (Å²) in [5.41, 5.74) is 0.573. The molecule has 0 aliphatic heterocycles. The van der Waals surface area contributed by atoms with Crippen LogP contribution in [0.25, 0.3) is 0 Å². The molecular formula is C14H26O. The Morgan fingerprint density at radius 1 is 0.933 bits per heavy atom. The van der Waals surface area contributed by atoms with Gasteiger partial charge in [0, 0.05) is 0 Å². The van der Waals surface area contributed by atoms with Crippen LogP contribution in [-0.4, -0.2) is 11.2 Å². The molecule has 0 amide bonds. The van der Waals surface area contributed by atoms with Crippen LogP contribution in [0, 0.1) is 11.8 Å². The van der Waals surface area contributed by atoms with Crippen LogP contribution in [-0.2, 0) is 4.74 Å². The van der Waals surface area contributed by atoms with Crippen molar-refractivity contribution in [3.8, 4) is 0 Å². The fourth-order valence-electron chi connectivity index (χ4n) is 3.25. The van der Waals surface area contributed by atoms with Crippen molar-refractivity contribution in [2.75, 3.05) is 0 Å². The topological polar surface area (TPSA) is 9.23 Å². The first-order valence-corrected chi connectivity index (χ1v) is 6.79. The molecule has 0 saturated heterocycles. The second-order valence-corrected chi connectivity index (χ2v) is 5.94. The SMILES string of the molecule is CCCC1(OC2(CCC)CC2C)CC1C. The Kier molecular flexibility index (Phi) is 2.87. The smallest absolute Gasteiger partial charge is 0.0720 e. The molecule has 0 N–H and O–H groups in total. The summed E-state index contributed by atoms with van der Waals surface area (Å²) in [6.45, 7) is 9.25. The molecule has 2 saturated carbocycles. The fraction of sp³-hybridized carbons (Fsp3) is 1.00. The van der Waals surface area contributed by atoms with Gasteiger partial charge >= 0.3 is 0 Å². The number of ether oxygens (including phenoxy) is 1. The molecule has 0 heterocycles. The Morgan fingerprint density at radius 3 is 1.47 bits per heavy atom. The van der Waals surface area contributed by atoms with E-state index in [1.54, 1.807) is 0 Å². The molecule has 2 rings (SSSR count). The highest BCUT2D eigenvalue weighted by Crippen LogP contribution is 2.60. The number of hydrogen-bond acceptors (Lipinski definition) is 1. The van der Waals surface area contributed by atoms with E-state index >= 15 is 0 Å². The quantitative estimate of drug-likeness (QED) is 0.639. The third kappa shape index (κ3) is 1.95. The molecule has 2 aliphatic rings. The van der Waals surface area contributed by atoms with Crippen molar-refractivity contribution in [1.29, 1.82) is 0 Å². The minimum atomic E-state index is 0.286. The molecule has 0 spiro atoms. The molecule has 1 heteroatoms. The Hall–Kier alpha value is -0.0400. The summed E-state index contributed by atoms with van der Waals surface area (Å²) < 4.78 is 6.55. The lowest BCUT2D eigenvalue weighted by Crippen LogP contribution is -2.28. The lowest BCUT2D eigenvalue weighted by atomic mass is 10.1. The molecule has 0 aromatic carbocycles. The van der Waals surface area contributed by atoms with Gasteiger partial charge in [0.1, 0.15) is 0 Å². The Bertz CT molecular complexity index is 213. The van der Waals surface area contributed by atoms with Crippen molar-refractivity contribution in [1.82, 2.24) is 0 Å². The van der Waals surface area contributed by atoms with E-state index in [-0.39, 0.29) is 11.2 Å². The molecule has 0 bridgehead atoms. The fourth-order valence-corrected chi connectivity index (χ4v) is 3.25. The van der Waals surface area contributed by atoms with Gasteiger partial charge in [-0.05, 0) is 37.5 Å². The zero-order valence-corrected chi connectivity index (χ0v) is 10.8. The third-order valence-electron chi connectivity index (χ3n) is 4.53. The van der Waals surface area contributed by atoms with Crippen LogP contribution in [0.1, 0.15) is 66.2 Å². The molecule has 2 fully saturated rings. The highest BCUT2D eigenvalue weighted by molar-refractivity contribution is 5.10. The predicted molar refractivity (Wildman–Crippen MR) is 63.9 cm³/mol. The number of rotatable bonds is 6. The second kappa shape index (κ2) is 3.76. The first-order valence-electron chi connectivity index (χ1n) is 6.79. The van der Waals surface area contributed by atoms with Crippen LogP contribution in [0.3, 0.4) is 0 Å². The van der Waals surface area contributed by atoms with Crippen molar-refractivity contribution < 1.29 is 4.74 Å². The van der Waals surface area contributed by atoms with Crippen molar-refractivity contribution in [3.05, 3.63) is 0 Å². The summed E-state index contributed by atoms with van der Waals surface area (Å²) in [5.74, 6) is 1.61. The molecule has 88 valence electrons. The van der Waals surface area contributed by atoms with Crippen LogP contribution in [0.15, 0.2) is 0 Å². The molecular weight excluding hydrogens is 184 g/mol. The molecule has 0 radical (unpaired) electrons. The van der Waals surface area contributed by atoms with Gasteiger partial charge in [0.2, 0.25) is 0 Å². The van der Waals surface area contributed by atoms with Crippen molar-refractivity contribution in [3.63, 3.8) is 0 Å². The van der Waals surface area contributed by atoms with E-state index in [0.29, 0.717) is 0 Å². The van der Waals surface area contributed by atoms with Gasteiger partial charge in [0.25, 0.3) is 0 Å². The molecule has 15 heavy (non-hydrogen) atoms. The van der Waals surface area contributed by atoms with Gasteiger partial charge in [-0.1, -0.05) is 40.5 Å². The van der Waals surface area contributed by atoms with Gasteiger partial charge in [-0.2, -0.15) is 0 Å². The van der Waals surface area contributed by atoms with E-state index in [4.69, 9.17) is 4.74 Å². The summed E-state index contributed by atoms with van der Waals surface area (Å²) in [6.07, 6.45) is 7.68. The van der Waals surface area contributed by atoms with E-state index in [2.05, 4.69) is 27.7 Å². The molecule has 2 aliphatic carbocycles. The van der Waals surface area contributed by atoms with E-state index in [0.717, 1.165) is 11.8 Å². The van der Waals surface area contributed by atoms with Crippen LogP contribution < -0.4 is 0 Å². The summed E-state index contributed by atoms with van der Waals surface area (Å²) >= 11 is 0. The molecule has 1 nitrogen and oxygen atoms in total.